The second-order valence-electron chi connectivity index (χ2n) is 9.85. The summed E-state index contributed by atoms with van der Waals surface area (Å²) in [5.74, 6) is 0. The quantitative estimate of drug-likeness (QED) is 0.108. The number of amides is 1. The van der Waals surface area contributed by atoms with Crippen molar-refractivity contribution >= 4 is 13.9 Å². The maximum atomic E-state index is 12.3. The largest absolute Gasteiger partial charge is 0.472 e. The van der Waals surface area contributed by atoms with E-state index in [1.807, 2.05) is 21.1 Å². The normalized spacial score (nSPS) is 14.6. The third-order valence-electron chi connectivity index (χ3n) is 5.40. The maximum absolute atomic E-state index is 12.3. The van der Waals surface area contributed by atoms with Crippen molar-refractivity contribution in [2.75, 3.05) is 47.4 Å². The lowest BCUT2D eigenvalue weighted by molar-refractivity contribution is -0.870. The summed E-state index contributed by atoms with van der Waals surface area (Å²) < 4.78 is 28.6. The van der Waals surface area contributed by atoms with Crippen molar-refractivity contribution in [3.63, 3.8) is 0 Å². The monoisotopic (exact) mass is 495 g/mol. The summed E-state index contributed by atoms with van der Waals surface area (Å²) in [5, 5.41) is 2.55. The second kappa shape index (κ2) is 19.6. The number of hydrogen-bond donors (Lipinski definition) is 2. The molecule has 0 aliphatic carbocycles. The summed E-state index contributed by atoms with van der Waals surface area (Å²) in [6.07, 6.45) is 14.2. The van der Waals surface area contributed by atoms with Gasteiger partial charge in [0.15, 0.2) is 0 Å². The number of nitrogens with one attached hydrogen (secondary N) is 1. The third kappa shape index (κ3) is 22.9. The number of unbranched alkanes of at least 4 members (excludes halogenated alkanes) is 11. The van der Waals surface area contributed by atoms with Gasteiger partial charge in [0.05, 0.1) is 21.1 Å². The van der Waals surface area contributed by atoms with Crippen LogP contribution in [0.3, 0.4) is 0 Å². The first-order valence-electron chi connectivity index (χ1n) is 13.0. The molecule has 2 atom stereocenters. The van der Waals surface area contributed by atoms with Crippen LogP contribution >= 0.6 is 7.82 Å². The van der Waals surface area contributed by atoms with E-state index < -0.39 is 20.0 Å². The molecule has 9 heteroatoms. The molecule has 0 saturated carbocycles. The SMILES string of the molecule is CCCCCCCCCCCCCCC(COC(=O)NCC)OP(=O)(O)OCC[N+](C)(C)C. The fourth-order valence-electron chi connectivity index (χ4n) is 3.39. The molecular formula is C24H52N2O6P+. The van der Waals surface area contributed by atoms with E-state index in [2.05, 4.69) is 12.2 Å². The average molecular weight is 496 g/mol. The van der Waals surface area contributed by atoms with Crippen LogP contribution in [0.1, 0.15) is 97.3 Å². The van der Waals surface area contributed by atoms with Gasteiger partial charge in [0.2, 0.25) is 0 Å². The number of hydrogen-bond acceptors (Lipinski definition) is 5. The summed E-state index contributed by atoms with van der Waals surface area (Å²) in [5.41, 5.74) is 0. The molecule has 0 radical (unpaired) electrons. The molecule has 0 aromatic rings. The van der Waals surface area contributed by atoms with Gasteiger partial charge in [-0.05, 0) is 13.3 Å². The molecule has 0 aliphatic rings. The Hall–Kier alpha value is -0.660. The minimum absolute atomic E-state index is 0.0763. The van der Waals surface area contributed by atoms with Crippen LogP contribution in [0.15, 0.2) is 0 Å². The van der Waals surface area contributed by atoms with Crippen LogP contribution in [0.2, 0.25) is 0 Å². The molecule has 0 saturated heterocycles. The van der Waals surface area contributed by atoms with Crippen LogP contribution in [0.25, 0.3) is 0 Å². The number of carbonyl (C=O) groups is 1. The van der Waals surface area contributed by atoms with Crippen molar-refractivity contribution in [2.24, 2.45) is 0 Å². The molecule has 33 heavy (non-hydrogen) atoms. The Morgan fingerprint density at radius 3 is 1.91 bits per heavy atom. The molecular weight excluding hydrogens is 443 g/mol. The van der Waals surface area contributed by atoms with Crippen molar-refractivity contribution in [3.8, 4) is 0 Å². The van der Waals surface area contributed by atoms with Gasteiger partial charge in [0, 0.05) is 6.54 Å². The van der Waals surface area contributed by atoms with Gasteiger partial charge in [0.25, 0.3) is 0 Å². The molecule has 0 aromatic carbocycles. The number of alkyl carbamates (subject to hydrolysis) is 1. The van der Waals surface area contributed by atoms with E-state index in [1.165, 1.54) is 57.8 Å². The van der Waals surface area contributed by atoms with Gasteiger partial charge in [-0.25, -0.2) is 9.36 Å². The van der Waals surface area contributed by atoms with Gasteiger partial charge >= 0.3 is 13.9 Å². The molecule has 0 heterocycles. The first kappa shape index (κ1) is 32.3. The fourth-order valence-corrected chi connectivity index (χ4v) is 4.31. The molecule has 0 spiro atoms. The van der Waals surface area contributed by atoms with E-state index in [0.29, 0.717) is 24.0 Å². The molecule has 0 bridgehead atoms. The highest BCUT2D eigenvalue weighted by molar-refractivity contribution is 7.47. The van der Waals surface area contributed by atoms with E-state index >= 15 is 0 Å². The molecule has 0 rings (SSSR count). The molecule has 0 aromatic heterocycles. The lowest BCUT2D eigenvalue weighted by Crippen LogP contribution is -2.37. The Kier molecular flexibility index (Phi) is 19.2. The summed E-state index contributed by atoms with van der Waals surface area (Å²) in [7, 11) is 1.71. The van der Waals surface area contributed by atoms with Crippen LogP contribution < -0.4 is 5.32 Å². The molecule has 8 nitrogen and oxygen atoms in total. The summed E-state index contributed by atoms with van der Waals surface area (Å²) in [4.78, 5) is 21.7. The fraction of sp³-hybridized carbons (Fsp3) is 0.958. The number of phosphoric ester groups is 1. The molecule has 2 N–H and O–H groups in total. The number of nitrogens with zero attached hydrogens (tertiary/aromatic N) is 1. The topological polar surface area (TPSA) is 94.1 Å². The van der Waals surface area contributed by atoms with E-state index in [1.54, 1.807) is 6.92 Å². The smallest absolute Gasteiger partial charge is 0.447 e. The second-order valence-corrected chi connectivity index (χ2v) is 11.3. The number of likely N-dealkylation sites (N-methyl/N-ethyl adjacent to an activating group) is 1. The number of phosphoric acid groups is 1. The summed E-state index contributed by atoms with van der Waals surface area (Å²) in [6.45, 7) is 5.11. The van der Waals surface area contributed by atoms with Gasteiger partial charge in [-0.15, -0.1) is 0 Å². The maximum Gasteiger partial charge on any atom is 0.472 e. The molecule has 198 valence electrons. The zero-order valence-corrected chi connectivity index (χ0v) is 22.9. The van der Waals surface area contributed by atoms with Gasteiger partial charge in [-0.3, -0.25) is 9.05 Å². The average Bonchev–Trinajstić information content (AvgIpc) is 2.71. The Balaban J connectivity index is 4.21. The van der Waals surface area contributed by atoms with Gasteiger partial charge in [0.1, 0.15) is 25.9 Å². The molecule has 0 fully saturated rings. The Morgan fingerprint density at radius 1 is 0.909 bits per heavy atom. The van der Waals surface area contributed by atoms with Gasteiger partial charge in [-0.1, -0.05) is 84.0 Å². The number of carbonyl (C=O) groups excluding carboxylic acids is 1. The van der Waals surface area contributed by atoms with Crippen molar-refractivity contribution in [1.29, 1.82) is 0 Å². The van der Waals surface area contributed by atoms with Crippen LogP contribution in [0, 0.1) is 0 Å². The Labute approximate surface area is 202 Å². The highest BCUT2D eigenvalue weighted by atomic mass is 31.2. The van der Waals surface area contributed by atoms with Crippen molar-refractivity contribution in [2.45, 2.75) is 103 Å². The van der Waals surface area contributed by atoms with Gasteiger partial charge in [-0.2, -0.15) is 0 Å². The standard InChI is InChI=1S/C24H51N2O6P/c1-6-8-9-10-11-12-13-14-15-16-17-18-19-23(22-30-24(27)25-7-2)32-33(28,29)31-21-20-26(3,4)5/h23H,6-22H2,1-5H3,(H-,25,27,28,29)/p+1. The summed E-state index contributed by atoms with van der Waals surface area (Å²) >= 11 is 0. The van der Waals surface area contributed by atoms with Crippen molar-refractivity contribution < 1.29 is 32.5 Å². The lowest BCUT2D eigenvalue weighted by Gasteiger charge is -2.25. The van der Waals surface area contributed by atoms with E-state index in [9.17, 15) is 14.3 Å². The van der Waals surface area contributed by atoms with Crippen molar-refractivity contribution in [3.05, 3.63) is 0 Å². The molecule has 0 aliphatic heterocycles. The first-order valence-corrected chi connectivity index (χ1v) is 14.5. The predicted molar refractivity (Wildman–Crippen MR) is 134 cm³/mol. The number of quaternary nitrogens is 1. The highest BCUT2D eigenvalue weighted by Gasteiger charge is 2.28. The first-order chi connectivity index (χ1) is 15.6. The van der Waals surface area contributed by atoms with Crippen LogP contribution in [-0.4, -0.2) is 69.0 Å². The van der Waals surface area contributed by atoms with Crippen molar-refractivity contribution in [1.82, 2.24) is 5.32 Å². The molecule has 2 unspecified atom stereocenters. The zero-order chi connectivity index (χ0) is 25.0. The van der Waals surface area contributed by atoms with Gasteiger partial charge < -0.3 is 19.4 Å². The minimum Gasteiger partial charge on any atom is -0.447 e. The third-order valence-corrected chi connectivity index (χ3v) is 6.47. The van der Waals surface area contributed by atoms with E-state index in [-0.39, 0.29) is 13.2 Å². The Bertz CT molecular complexity index is 528. The van der Waals surface area contributed by atoms with Crippen LogP contribution in [-0.2, 0) is 18.3 Å². The van der Waals surface area contributed by atoms with E-state index in [4.69, 9.17) is 13.8 Å². The minimum atomic E-state index is -4.22. The Morgan fingerprint density at radius 2 is 1.42 bits per heavy atom. The molecule has 1 amide bonds. The number of rotatable bonds is 22. The van der Waals surface area contributed by atoms with Crippen LogP contribution in [0.5, 0.6) is 0 Å². The van der Waals surface area contributed by atoms with Crippen LogP contribution in [0.4, 0.5) is 4.79 Å². The van der Waals surface area contributed by atoms with E-state index in [0.717, 1.165) is 19.3 Å². The predicted octanol–water partition coefficient (Wildman–Crippen LogP) is 6.03. The summed E-state index contributed by atoms with van der Waals surface area (Å²) in [6, 6.07) is 0. The number of ether oxygens (including phenoxy) is 1. The lowest BCUT2D eigenvalue weighted by atomic mass is 10.0. The highest BCUT2D eigenvalue weighted by Crippen LogP contribution is 2.45. The zero-order valence-electron chi connectivity index (χ0n) is 22.0.